The molecule has 1 saturated heterocycles. The molecule has 1 fully saturated rings. The number of hydrogen-bond acceptors (Lipinski definition) is 4. The van der Waals surface area contributed by atoms with Crippen molar-refractivity contribution in [1.82, 2.24) is 19.7 Å². The molecule has 17 heavy (non-hydrogen) atoms. The molecular weight excluding hydrogens is 216 g/mol. The Morgan fingerprint density at radius 1 is 1.53 bits per heavy atom. The number of likely N-dealkylation sites (tertiary alicyclic amines) is 1. The smallest absolute Gasteiger partial charge is 0.141 e. The zero-order chi connectivity index (χ0) is 12.3. The molecule has 5 nitrogen and oxygen atoms in total. The summed E-state index contributed by atoms with van der Waals surface area (Å²) in [4.78, 5) is 6.64. The van der Waals surface area contributed by atoms with Crippen molar-refractivity contribution < 1.29 is 5.11 Å². The van der Waals surface area contributed by atoms with Crippen molar-refractivity contribution in [3.05, 3.63) is 12.2 Å². The van der Waals surface area contributed by atoms with Gasteiger partial charge in [-0.05, 0) is 25.3 Å². The van der Waals surface area contributed by atoms with Crippen LogP contribution in [0.5, 0.6) is 0 Å². The first kappa shape index (κ1) is 12.5. The van der Waals surface area contributed by atoms with E-state index in [1.54, 1.807) is 6.33 Å². The molecule has 0 saturated carbocycles. The van der Waals surface area contributed by atoms with Gasteiger partial charge in [0, 0.05) is 12.6 Å². The maximum atomic E-state index is 9.30. The summed E-state index contributed by atoms with van der Waals surface area (Å²) in [5.74, 6) is 1.58. The minimum Gasteiger partial charge on any atom is -0.395 e. The lowest BCUT2D eigenvalue weighted by atomic mass is 10.2. The van der Waals surface area contributed by atoms with Crippen molar-refractivity contribution in [3.8, 4) is 0 Å². The van der Waals surface area contributed by atoms with Crippen LogP contribution in [-0.4, -0.2) is 44.0 Å². The highest BCUT2D eigenvalue weighted by molar-refractivity contribution is 4.89. The van der Waals surface area contributed by atoms with E-state index in [0.717, 1.165) is 31.9 Å². The van der Waals surface area contributed by atoms with Gasteiger partial charge in [0.15, 0.2) is 0 Å². The molecule has 0 unspecified atom stereocenters. The van der Waals surface area contributed by atoms with Crippen LogP contribution in [0.2, 0.25) is 0 Å². The lowest BCUT2D eigenvalue weighted by Crippen LogP contribution is -2.33. The molecule has 2 rings (SSSR count). The number of nitrogens with zero attached hydrogens (tertiary/aromatic N) is 4. The van der Waals surface area contributed by atoms with Crippen LogP contribution in [0.25, 0.3) is 0 Å². The molecule has 1 aromatic heterocycles. The summed E-state index contributed by atoms with van der Waals surface area (Å²) in [6, 6.07) is 0.305. The second-order valence-electron chi connectivity index (χ2n) is 5.20. The molecule has 2 heterocycles. The number of aromatic nitrogens is 3. The van der Waals surface area contributed by atoms with Crippen LogP contribution in [0.1, 0.15) is 32.5 Å². The Morgan fingerprint density at radius 2 is 2.35 bits per heavy atom. The quantitative estimate of drug-likeness (QED) is 0.828. The van der Waals surface area contributed by atoms with Crippen LogP contribution in [0.4, 0.5) is 0 Å². The fraction of sp³-hybridized carbons (Fsp3) is 0.833. The van der Waals surface area contributed by atoms with E-state index in [1.807, 2.05) is 4.68 Å². The molecule has 0 spiro atoms. The molecule has 1 N–H and O–H groups in total. The van der Waals surface area contributed by atoms with Gasteiger partial charge < -0.3 is 5.11 Å². The van der Waals surface area contributed by atoms with Crippen molar-refractivity contribution in [1.29, 1.82) is 0 Å². The molecule has 1 atom stereocenters. The molecule has 0 aliphatic carbocycles. The lowest BCUT2D eigenvalue weighted by Gasteiger charge is -2.22. The van der Waals surface area contributed by atoms with E-state index in [1.165, 1.54) is 6.42 Å². The van der Waals surface area contributed by atoms with Crippen molar-refractivity contribution in [2.75, 3.05) is 13.2 Å². The third-order valence-corrected chi connectivity index (χ3v) is 3.29. The third kappa shape index (κ3) is 3.04. The zero-order valence-corrected chi connectivity index (χ0v) is 10.7. The van der Waals surface area contributed by atoms with Gasteiger partial charge in [0.25, 0.3) is 0 Å². The molecule has 1 aliphatic heterocycles. The minimum absolute atomic E-state index is 0.248. The van der Waals surface area contributed by atoms with Crippen LogP contribution in [0.15, 0.2) is 6.33 Å². The van der Waals surface area contributed by atoms with Crippen molar-refractivity contribution >= 4 is 0 Å². The van der Waals surface area contributed by atoms with Crippen molar-refractivity contribution in [2.24, 2.45) is 5.92 Å². The molecule has 96 valence electrons. The van der Waals surface area contributed by atoms with E-state index in [9.17, 15) is 5.11 Å². The van der Waals surface area contributed by atoms with Crippen LogP contribution >= 0.6 is 0 Å². The topological polar surface area (TPSA) is 54.2 Å². The van der Waals surface area contributed by atoms with Gasteiger partial charge in [0.05, 0.1) is 13.2 Å². The first-order valence-corrected chi connectivity index (χ1v) is 6.42. The Morgan fingerprint density at radius 3 is 3.06 bits per heavy atom. The highest BCUT2D eigenvalue weighted by Gasteiger charge is 2.25. The maximum Gasteiger partial charge on any atom is 0.141 e. The van der Waals surface area contributed by atoms with E-state index < -0.39 is 0 Å². The molecule has 1 aromatic rings. The van der Waals surface area contributed by atoms with Gasteiger partial charge in [0.2, 0.25) is 0 Å². The van der Waals surface area contributed by atoms with E-state index in [0.29, 0.717) is 12.0 Å². The number of hydrogen-bond donors (Lipinski definition) is 1. The lowest BCUT2D eigenvalue weighted by molar-refractivity contribution is 0.149. The van der Waals surface area contributed by atoms with Crippen molar-refractivity contribution in [3.63, 3.8) is 0 Å². The predicted molar refractivity (Wildman–Crippen MR) is 65.4 cm³/mol. The monoisotopic (exact) mass is 238 g/mol. The van der Waals surface area contributed by atoms with Gasteiger partial charge in [-0.25, -0.2) is 9.67 Å². The normalized spacial score (nSPS) is 21.5. The largest absolute Gasteiger partial charge is 0.395 e. The second kappa shape index (κ2) is 5.60. The number of rotatable bonds is 5. The van der Waals surface area contributed by atoms with E-state index in [2.05, 4.69) is 28.8 Å². The number of aliphatic hydroxyl groups is 1. The Bertz CT molecular complexity index is 350. The molecule has 0 bridgehead atoms. The fourth-order valence-electron chi connectivity index (χ4n) is 2.40. The molecule has 5 heteroatoms. The molecule has 1 aliphatic rings. The summed E-state index contributed by atoms with van der Waals surface area (Å²) in [5, 5.41) is 13.6. The van der Waals surface area contributed by atoms with Gasteiger partial charge in [-0.2, -0.15) is 5.10 Å². The van der Waals surface area contributed by atoms with Crippen molar-refractivity contribution in [2.45, 2.75) is 45.8 Å². The highest BCUT2D eigenvalue weighted by Crippen LogP contribution is 2.18. The Balaban J connectivity index is 2.00. The van der Waals surface area contributed by atoms with Crippen LogP contribution < -0.4 is 0 Å². The van der Waals surface area contributed by atoms with Crippen LogP contribution in [-0.2, 0) is 13.1 Å². The Hall–Kier alpha value is -0.940. The first-order valence-electron chi connectivity index (χ1n) is 6.42. The average Bonchev–Trinajstić information content (AvgIpc) is 2.88. The summed E-state index contributed by atoms with van der Waals surface area (Å²) in [6.45, 7) is 7.37. The van der Waals surface area contributed by atoms with Gasteiger partial charge >= 0.3 is 0 Å². The van der Waals surface area contributed by atoms with Gasteiger partial charge in [-0.1, -0.05) is 13.8 Å². The SMILES string of the molecule is CC(C)Cn1ncnc1CN1CCC[C@H]1CO. The van der Waals surface area contributed by atoms with Gasteiger partial charge in [0.1, 0.15) is 12.2 Å². The van der Waals surface area contributed by atoms with E-state index in [4.69, 9.17) is 0 Å². The third-order valence-electron chi connectivity index (χ3n) is 3.29. The van der Waals surface area contributed by atoms with E-state index >= 15 is 0 Å². The Labute approximate surface area is 102 Å². The summed E-state index contributed by atoms with van der Waals surface area (Å²) >= 11 is 0. The predicted octanol–water partition coefficient (Wildman–Crippen LogP) is 0.891. The minimum atomic E-state index is 0.248. The molecule has 0 amide bonds. The molecular formula is C12H22N4O. The average molecular weight is 238 g/mol. The van der Waals surface area contributed by atoms with Crippen LogP contribution in [0.3, 0.4) is 0 Å². The summed E-state index contributed by atoms with van der Waals surface area (Å²) in [6.07, 6.45) is 3.89. The highest BCUT2D eigenvalue weighted by atomic mass is 16.3. The number of aliphatic hydroxyl groups excluding tert-OH is 1. The molecule has 0 radical (unpaired) electrons. The van der Waals surface area contributed by atoms with Crippen LogP contribution in [0, 0.1) is 5.92 Å². The zero-order valence-electron chi connectivity index (χ0n) is 10.7. The Kier molecular flexibility index (Phi) is 4.12. The summed E-state index contributed by atoms with van der Waals surface area (Å²) in [5.41, 5.74) is 0. The summed E-state index contributed by atoms with van der Waals surface area (Å²) in [7, 11) is 0. The molecule has 0 aromatic carbocycles. The first-order chi connectivity index (χ1) is 8.20. The second-order valence-corrected chi connectivity index (χ2v) is 5.20. The fourth-order valence-corrected chi connectivity index (χ4v) is 2.40. The van der Waals surface area contributed by atoms with Gasteiger partial charge in [-0.3, -0.25) is 4.90 Å². The standard InChI is InChI=1S/C12H22N4O/c1-10(2)6-16-12(13-9-14-16)7-15-5-3-4-11(15)8-17/h9-11,17H,3-8H2,1-2H3/t11-/m0/s1. The van der Waals surface area contributed by atoms with E-state index in [-0.39, 0.29) is 6.61 Å². The maximum absolute atomic E-state index is 9.30. The van der Waals surface area contributed by atoms with Gasteiger partial charge in [-0.15, -0.1) is 0 Å². The summed E-state index contributed by atoms with van der Waals surface area (Å²) < 4.78 is 1.98.